The molecule has 0 aliphatic carbocycles. The number of rotatable bonds is 9. The number of carbonyl (C=O) groups is 1. The quantitative estimate of drug-likeness (QED) is 0.303. The van der Waals surface area contributed by atoms with Gasteiger partial charge < -0.3 is 9.72 Å². The van der Waals surface area contributed by atoms with Crippen LogP contribution in [0.4, 0.5) is 0 Å². The molecule has 40 heavy (non-hydrogen) atoms. The van der Waals surface area contributed by atoms with Gasteiger partial charge in [-0.15, -0.1) is 0 Å². The number of amides is 1. The van der Waals surface area contributed by atoms with Crippen LogP contribution in [0, 0.1) is 0 Å². The second-order valence-electron chi connectivity index (χ2n) is 10.5. The van der Waals surface area contributed by atoms with E-state index in [2.05, 4.69) is 35.6 Å². The van der Waals surface area contributed by atoms with Crippen molar-refractivity contribution in [3.8, 4) is 17.1 Å². The van der Waals surface area contributed by atoms with Gasteiger partial charge in [0, 0.05) is 12.1 Å². The Hall–Kier alpha value is -3.99. The number of carbonyl (C=O) groups excluding carboxylic acids is 1. The fourth-order valence-electron chi connectivity index (χ4n) is 4.42. The molecule has 0 saturated heterocycles. The Labute approximate surface area is 233 Å². The predicted molar refractivity (Wildman–Crippen MR) is 154 cm³/mol. The highest BCUT2D eigenvalue weighted by atomic mass is 32.2. The molecule has 2 aromatic carbocycles. The summed E-state index contributed by atoms with van der Waals surface area (Å²) < 4.78 is 36.1. The number of benzene rings is 2. The summed E-state index contributed by atoms with van der Waals surface area (Å²) in [6, 6.07) is 11.0. The maximum Gasteiger partial charge on any atom is 0.277 e. The lowest BCUT2D eigenvalue weighted by molar-refractivity contribution is 0.0981. The van der Waals surface area contributed by atoms with Crippen LogP contribution in [-0.2, 0) is 28.4 Å². The molecule has 0 radical (unpaired) electrons. The number of hydrogen-bond donors (Lipinski definition) is 2. The number of ether oxygens (including phenoxy) is 1. The molecule has 11 heteroatoms. The highest BCUT2D eigenvalue weighted by Crippen LogP contribution is 2.31. The van der Waals surface area contributed by atoms with Gasteiger partial charge in [0.2, 0.25) is 0 Å². The van der Waals surface area contributed by atoms with E-state index in [0.29, 0.717) is 42.0 Å². The molecule has 10 nitrogen and oxygen atoms in total. The lowest BCUT2D eigenvalue weighted by Crippen LogP contribution is -2.30. The Morgan fingerprint density at radius 3 is 2.38 bits per heavy atom. The molecule has 0 bridgehead atoms. The molecule has 0 fully saturated rings. The average molecular weight is 566 g/mol. The summed E-state index contributed by atoms with van der Waals surface area (Å²) in [5, 5.41) is 4.55. The van der Waals surface area contributed by atoms with Crippen LogP contribution in [0.2, 0.25) is 0 Å². The van der Waals surface area contributed by atoms with Crippen LogP contribution < -0.4 is 15.0 Å². The van der Waals surface area contributed by atoms with Crippen molar-refractivity contribution in [3.63, 3.8) is 0 Å². The molecule has 0 atom stereocenters. The van der Waals surface area contributed by atoms with E-state index >= 15 is 0 Å². The first kappa shape index (κ1) is 29.0. The van der Waals surface area contributed by atoms with Crippen molar-refractivity contribution in [1.82, 2.24) is 24.5 Å². The molecule has 1 amide bonds. The minimum Gasteiger partial charge on any atom is -0.493 e. The number of aryl methyl sites for hydroxylation is 2. The first-order chi connectivity index (χ1) is 18.9. The molecular formula is C29H35N5O5S. The number of sulfonamides is 1. The van der Waals surface area contributed by atoms with Crippen molar-refractivity contribution in [2.75, 3.05) is 6.61 Å². The van der Waals surface area contributed by atoms with Gasteiger partial charge in [-0.25, -0.2) is 18.1 Å². The maximum atomic E-state index is 13.3. The van der Waals surface area contributed by atoms with E-state index < -0.39 is 15.9 Å². The highest BCUT2D eigenvalue weighted by molar-refractivity contribution is 7.90. The molecule has 0 aliphatic rings. The van der Waals surface area contributed by atoms with Crippen molar-refractivity contribution in [3.05, 3.63) is 69.6 Å². The number of aromatic nitrogens is 4. The average Bonchev–Trinajstić information content (AvgIpc) is 3.26. The summed E-state index contributed by atoms with van der Waals surface area (Å²) in [5.41, 5.74) is 2.54. The van der Waals surface area contributed by atoms with Crippen LogP contribution >= 0.6 is 0 Å². The number of nitrogens with zero attached hydrogens (tertiary/aromatic N) is 3. The molecule has 0 unspecified atom stereocenters. The predicted octanol–water partition coefficient (Wildman–Crippen LogP) is 4.57. The zero-order valence-corrected chi connectivity index (χ0v) is 24.5. The highest BCUT2D eigenvalue weighted by Gasteiger charge is 2.24. The SMILES string of the molecule is CCCc1nn(CC)c2c(=O)[nH]c(-c3cc(S(=O)(=O)NC(=O)c4ccc(C(C)(C)C)cc4)ccc3OCC)nc12. The Balaban J connectivity index is 1.76. The first-order valence-corrected chi connectivity index (χ1v) is 14.8. The standard InChI is InChI=1S/C29H35N5O5S/c1-7-10-22-24-25(34(8-2)32-22)28(36)31-26(30-24)21-17-20(15-16-23(21)39-9-3)40(37,38)33-27(35)18-11-13-19(14-12-18)29(4,5)6/h11-17H,7-10H2,1-6H3,(H,33,35)(H,30,31,36). The number of nitrogens with one attached hydrogen (secondary N) is 2. The summed E-state index contributed by atoms with van der Waals surface area (Å²) in [6.07, 6.45) is 1.45. The minimum absolute atomic E-state index is 0.107. The summed E-state index contributed by atoms with van der Waals surface area (Å²) in [4.78, 5) is 33.3. The topological polar surface area (TPSA) is 136 Å². The van der Waals surface area contributed by atoms with Crippen molar-refractivity contribution in [2.45, 2.75) is 71.2 Å². The van der Waals surface area contributed by atoms with Gasteiger partial charge in [0.1, 0.15) is 17.1 Å². The van der Waals surface area contributed by atoms with Crippen molar-refractivity contribution < 1.29 is 17.9 Å². The third-order valence-electron chi connectivity index (χ3n) is 6.51. The van der Waals surface area contributed by atoms with Gasteiger partial charge in [-0.05, 0) is 61.6 Å². The van der Waals surface area contributed by atoms with Gasteiger partial charge >= 0.3 is 0 Å². The molecule has 2 N–H and O–H groups in total. The molecule has 0 aliphatic heterocycles. The fourth-order valence-corrected chi connectivity index (χ4v) is 5.42. The fraction of sp³-hybridized carbons (Fsp3) is 0.379. The monoisotopic (exact) mass is 565 g/mol. The normalized spacial score (nSPS) is 12.1. The van der Waals surface area contributed by atoms with Gasteiger partial charge in [-0.1, -0.05) is 46.2 Å². The van der Waals surface area contributed by atoms with Gasteiger partial charge in [0.25, 0.3) is 21.5 Å². The molecule has 2 heterocycles. The van der Waals surface area contributed by atoms with E-state index in [-0.39, 0.29) is 32.8 Å². The Bertz CT molecular complexity index is 1710. The second-order valence-corrected chi connectivity index (χ2v) is 12.2. The van der Waals surface area contributed by atoms with E-state index in [1.165, 1.54) is 18.2 Å². The summed E-state index contributed by atoms with van der Waals surface area (Å²) >= 11 is 0. The van der Waals surface area contributed by atoms with E-state index in [0.717, 1.165) is 12.0 Å². The van der Waals surface area contributed by atoms with Gasteiger partial charge in [-0.2, -0.15) is 5.10 Å². The van der Waals surface area contributed by atoms with E-state index in [1.54, 1.807) is 23.7 Å². The largest absolute Gasteiger partial charge is 0.493 e. The molecule has 212 valence electrons. The third-order valence-corrected chi connectivity index (χ3v) is 7.84. The van der Waals surface area contributed by atoms with Gasteiger partial charge in [0.05, 0.1) is 22.8 Å². The maximum absolute atomic E-state index is 13.3. The lowest BCUT2D eigenvalue weighted by Gasteiger charge is -2.19. The second kappa shape index (κ2) is 11.2. The van der Waals surface area contributed by atoms with Crippen LogP contribution in [-0.4, -0.2) is 40.7 Å². The van der Waals surface area contributed by atoms with Crippen LogP contribution in [0.1, 0.15) is 69.6 Å². The Morgan fingerprint density at radius 1 is 1.07 bits per heavy atom. The smallest absolute Gasteiger partial charge is 0.277 e. The molecular weight excluding hydrogens is 530 g/mol. The molecule has 4 rings (SSSR count). The molecule has 0 saturated carbocycles. The number of aromatic amines is 1. The summed E-state index contributed by atoms with van der Waals surface area (Å²) in [6.45, 7) is 12.7. The molecule has 0 spiro atoms. The summed E-state index contributed by atoms with van der Waals surface area (Å²) in [7, 11) is -4.27. The number of fused-ring (bicyclic) bond motifs is 1. The van der Waals surface area contributed by atoms with Crippen LogP contribution in [0.15, 0.2) is 52.2 Å². The lowest BCUT2D eigenvalue weighted by atomic mass is 9.87. The van der Waals surface area contributed by atoms with Gasteiger partial charge in [-0.3, -0.25) is 14.3 Å². The van der Waals surface area contributed by atoms with E-state index in [1.807, 2.05) is 26.0 Å². The Kier molecular flexibility index (Phi) is 8.15. The van der Waals surface area contributed by atoms with Crippen molar-refractivity contribution >= 4 is 27.0 Å². The van der Waals surface area contributed by atoms with Crippen LogP contribution in [0.5, 0.6) is 5.75 Å². The van der Waals surface area contributed by atoms with Crippen molar-refractivity contribution in [2.24, 2.45) is 0 Å². The zero-order valence-electron chi connectivity index (χ0n) is 23.7. The van der Waals surface area contributed by atoms with E-state index in [9.17, 15) is 18.0 Å². The molecule has 2 aromatic heterocycles. The summed E-state index contributed by atoms with van der Waals surface area (Å²) in [5.74, 6) is -0.261. The van der Waals surface area contributed by atoms with Gasteiger partial charge in [0.15, 0.2) is 5.52 Å². The minimum atomic E-state index is -4.27. The number of hydrogen-bond acceptors (Lipinski definition) is 7. The third kappa shape index (κ3) is 5.79. The van der Waals surface area contributed by atoms with Crippen LogP contribution in [0.25, 0.3) is 22.4 Å². The van der Waals surface area contributed by atoms with Crippen LogP contribution in [0.3, 0.4) is 0 Å². The zero-order chi connectivity index (χ0) is 29.2. The first-order valence-electron chi connectivity index (χ1n) is 13.3. The number of H-pyrrole nitrogens is 1. The van der Waals surface area contributed by atoms with E-state index in [4.69, 9.17) is 9.72 Å². The molecule has 4 aromatic rings. The Morgan fingerprint density at radius 2 is 1.77 bits per heavy atom. The van der Waals surface area contributed by atoms with Crippen molar-refractivity contribution in [1.29, 1.82) is 0 Å².